The highest BCUT2D eigenvalue weighted by molar-refractivity contribution is 5.57. The Morgan fingerprint density at radius 1 is 1.26 bits per heavy atom. The Kier molecular flexibility index (Phi) is 3.93. The van der Waals surface area contributed by atoms with Gasteiger partial charge < -0.3 is 14.3 Å². The number of alkyl halides is 2. The van der Waals surface area contributed by atoms with E-state index in [0.29, 0.717) is 25.8 Å². The van der Waals surface area contributed by atoms with E-state index in [4.69, 9.17) is 9.52 Å². The molecule has 4 aromatic heterocycles. The number of halogens is 2. The van der Waals surface area contributed by atoms with Gasteiger partial charge in [0.25, 0.3) is 5.89 Å². The zero-order valence-electron chi connectivity index (χ0n) is 16.9. The van der Waals surface area contributed by atoms with Crippen LogP contribution in [0.2, 0.25) is 0 Å². The number of nitrogens with zero attached hydrogens (tertiary/aromatic N) is 6. The SMILES string of the molecule is Cc1cccn2nc([C@@H]3c4nc[nH]c4CCN3c3nnc(C(F)(F)C4CCC4)o3)cc12. The monoisotopic (exact) mass is 425 g/mol. The first-order valence-electron chi connectivity index (χ1n) is 10.5. The third-order valence-corrected chi connectivity index (χ3v) is 6.50. The molecule has 6 rings (SSSR count). The zero-order valence-corrected chi connectivity index (χ0v) is 16.9. The number of fused-ring (bicyclic) bond motifs is 2. The van der Waals surface area contributed by atoms with Crippen LogP contribution in [0.15, 0.2) is 35.1 Å². The average molecular weight is 425 g/mol. The molecule has 0 aromatic carbocycles. The third kappa shape index (κ3) is 2.77. The lowest BCUT2D eigenvalue weighted by Crippen LogP contribution is -2.37. The number of aromatic amines is 1. The number of aromatic nitrogens is 6. The van der Waals surface area contributed by atoms with Crippen LogP contribution in [-0.2, 0) is 12.3 Å². The van der Waals surface area contributed by atoms with Gasteiger partial charge in [-0.15, -0.1) is 5.10 Å². The molecular weight excluding hydrogens is 404 g/mol. The van der Waals surface area contributed by atoms with Gasteiger partial charge in [0.15, 0.2) is 0 Å². The molecule has 0 saturated heterocycles. The molecule has 8 nitrogen and oxygen atoms in total. The molecule has 1 saturated carbocycles. The fraction of sp³-hybridized carbons (Fsp3) is 0.429. The molecule has 0 unspecified atom stereocenters. The maximum Gasteiger partial charge on any atom is 0.326 e. The van der Waals surface area contributed by atoms with E-state index in [0.717, 1.165) is 34.6 Å². The Hall–Kier alpha value is -3.30. The van der Waals surface area contributed by atoms with Crippen molar-refractivity contribution in [2.75, 3.05) is 11.4 Å². The number of anilines is 1. The van der Waals surface area contributed by atoms with Crippen LogP contribution in [0.4, 0.5) is 14.8 Å². The number of rotatable bonds is 4. The van der Waals surface area contributed by atoms with Gasteiger partial charge in [0.05, 0.1) is 23.2 Å². The fourth-order valence-corrected chi connectivity index (χ4v) is 4.50. The van der Waals surface area contributed by atoms with E-state index in [9.17, 15) is 8.78 Å². The molecule has 1 aliphatic carbocycles. The summed E-state index contributed by atoms with van der Waals surface area (Å²) in [7, 11) is 0. The van der Waals surface area contributed by atoms with E-state index in [1.54, 1.807) is 6.33 Å². The summed E-state index contributed by atoms with van der Waals surface area (Å²) in [5.41, 5.74) is 4.59. The van der Waals surface area contributed by atoms with Crippen molar-refractivity contribution in [3.63, 3.8) is 0 Å². The molecule has 0 radical (unpaired) electrons. The minimum absolute atomic E-state index is 0.0708. The first-order valence-corrected chi connectivity index (χ1v) is 10.5. The van der Waals surface area contributed by atoms with Gasteiger partial charge in [-0.2, -0.15) is 13.9 Å². The summed E-state index contributed by atoms with van der Waals surface area (Å²) in [6, 6.07) is 5.61. The van der Waals surface area contributed by atoms with E-state index in [1.807, 2.05) is 40.7 Å². The van der Waals surface area contributed by atoms with Crippen molar-refractivity contribution in [1.29, 1.82) is 0 Å². The van der Waals surface area contributed by atoms with Crippen molar-refractivity contribution < 1.29 is 13.2 Å². The Bertz CT molecular complexity index is 1260. The number of hydrogen-bond donors (Lipinski definition) is 1. The van der Waals surface area contributed by atoms with E-state index in [-0.39, 0.29) is 6.01 Å². The predicted octanol–water partition coefficient (Wildman–Crippen LogP) is 3.79. The van der Waals surface area contributed by atoms with E-state index >= 15 is 0 Å². The summed E-state index contributed by atoms with van der Waals surface area (Å²) < 4.78 is 36.8. The highest BCUT2D eigenvalue weighted by Crippen LogP contribution is 2.47. The van der Waals surface area contributed by atoms with Crippen LogP contribution in [-0.4, -0.2) is 36.3 Å². The van der Waals surface area contributed by atoms with Gasteiger partial charge in [-0.05, 0) is 37.5 Å². The number of imidazole rings is 1. The standard InChI is InChI=1S/C21H21F2N7O/c1-12-4-3-8-30-16(12)10-15(28-30)18-17-14(24-11-25-17)7-9-29(18)20-27-26-19(31-20)21(22,23)13-5-2-6-13/h3-4,8,10-11,13,18H,2,5-7,9H2,1H3,(H,24,25)/t18-/m1/s1. The van der Waals surface area contributed by atoms with Gasteiger partial charge in [0.2, 0.25) is 0 Å². The summed E-state index contributed by atoms with van der Waals surface area (Å²) in [5, 5.41) is 12.5. The van der Waals surface area contributed by atoms with Crippen LogP contribution >= 0.6 is 0 Å². The lowest BCUT2D eigenvalue weighted by molar-refractivity contribution is -0.114. The van der Waals surface area contributed by atoms with Crippen LogP contribution in [0.3, 0.4) is 0 Å². The van der Waals surface area contributed by atoms with Crippen LogP contribution in [0.1, 0.15) is 53.8 Å². The smallest absolute Gasteiger partial charge is 0.326 e. The molecule has 31 heavy (non-hydrogen) atoms. The Morgan fingerprint density at radius 3 is 2.90 bits per heavy atom. The Labute approximate surface area is 176 Å². The summed E-state index contributed by atoms with van der Waals surface area (Å²) in [5.74, 6) is -4.44. The number of aryl methyl sites for hydroxylation is 1. The summed E-state index contributed by atoms with van der Waals surface area (Å²) in [4.78, 5) is 9.51. The second kappa shape index (κ2) is 6.60. The van der Waals surface area contributed by atoms with Gasteiger partial charge in [0, 0.05) is 30.8 Å². The molecule has 160 valence electrons. The van der Waals surface area contributed by atoms with Crippen molar-refractivity contribution >= 4 is 11.5 Å². The lowest BCUT2D eigenvalue weighted by Gasteiger charge is -2.32. The minimum atomic E-state index is -3.10. The van der Waals surface area contributed by atoms with E-state index < -0.39 is 23.8 Å². The van der Waals surface area contributed by atoms with E-state index in [2.05, 4.69) is 20.2 Å². The van der Waals surface area contributed by atoms with Gasteiger partial charge in [-0.1, -0.05) is 17.6 Å². The third-order valence-electron chi connectivity index (χ3n) is 6.50. The van der Waals surface area contributed by atoms with Gasteiger partial charge >= 0.3 is 11.9 Å². The quantitative estimate of drug-likeness (QED) is 0.535. The van der Waals surface area contributed by atoms with Crippen molar-refractivity contribution in [2.45, 2.75) is 44.6 Å². The molecule has 5 heterocycles. The number of hydrogen-bond acceptors (Lipinski definition) is 6. The first-order chi connectivity index (χ1) is 15.0. The molecule has 0 spiro atoms. The maximum atomic E-state index is 14.7. The second-order valence-electron chi connectivity index (χ2n) is 8.34. The molecule has 2 aliphatic rings. The number of pyridine rings is 1. The molecule has 10 heteroatoms. The van der Waals surface area contributed by atoms with Crippen molar-refractivity contribution in [2.24, 2.45) is 5.92 Å². The first kappa shape index (κ1) is 18.5. The fourth-order valence-electron chi connectivity index (χ4n) is 4.50. The maximum absolute atomic E-state index is 14.7. The molecule has 1 atom stereocenters. The van der Waals surface area contributed by atoms with Crippen LogP contribution < -0.4 is 4.90 Å². The van der Waals surface area contributed by atoms with Crippen molar-refractivity contribution in [3.05, 3.63) is 59.3 Å². The minimum Gasteiger partial charge on any atom is -0.401 e. The average Bonchev–Trinajstić information content (AvgIpc) is 3.44. The van der Waals surface area contributed by atoms with Crippen LogP contribution in [0.25, 0.3) is 5.52 Å². The van der Waals surface area contributed by atoms with Gasteiger partial charge in [-0.25, -0.2) is 9.50 Å². The summed E-state index contributed by atoms with van der Waals surface area (Å²) in [6.07, 6.45) is 5.96. The highest BCUT2D eigenvalue weighted by atomic mass is 19.3. The Morgan fingerprint density at radius 2 is 2.13 bits per heavy atom. The normalized spacial score (nSPS) is 19.6. The van der Waals surface area contributed by atoms with E-state index in [1.165, 1.54) is 0 Å². The zero-order chi connectivity index (χ0) is 21.2. The largest absolute Gasteiger partial charge is 0.401 e. The molecule has 0 amide bonds. The van der Waals surface area contributed by atoms with Gasteiger partial charge in [0.1, 0.15) is 6.04 Å². The second-order valence-corrected chi connectivity index (χ2v) is 8.34. The predicted molar refractivity (Wildman–Crippen MR) is 107 cm³/mol. The molecule has 0 bridgehead atoms. The number of nitrogens with one attached hydrogen (secondary N) is 1. The van der Waals surface area contributed by atoms with Crippen molar-refractivity contribution in [1.82, 2.24) is 29.8 Å². The molecule has 1 aliphatic heterocycles. The molecule has 4 aromatic rings. The molecule has 1 N–H and O–H groups in total. The topological polar surface area (TPSA) is 88.1 Å². The highest BCUT2D eigenvalue weighted by Gasteiger charge is 2.49. The number of H-pyrrole nitrogens is 1. The molecular formula is C21H21F2N7O. The van der Waals surface area contributed by atoms with Crippen LogP contribution in [0.5, 0.6) is 0 Å². The lowest BCUT2D eigenvalue weighted by atomic mass is 9.80. The summed E-state index contributed by atoms with van der Waals surface area (Å²) in [6.45, 7) is 2.54. The van der Waals surface area contributed by atoms with Gasteiger partial charge in [-0.3, -0.25) is 0 Å². The Balaban J connectivity index is 1.43. The summed E-state index contributed by atoms with van der Waals surface area (Å²) >= 11 is 0. The molecule has 1 fully saturated rings. The van der Waals surface area contributed by atoms with Crippen LogP contribution in [0, 0.1) is 12.8 Å². The van der Waals surface area contributed by atoms with Crippen molar-refractivity contribution in [3.8, 4) is 0 Å².